The lowest BCUT2D eigenvalue weighted by Gasteiger charge is -2.22. The molecule has 0 aliphatic heterocycles. The van der Waals surface area contributed by atoms with Gasteiger partial charge in [-0.1, -0.05) is 18.2 Å². The summed E-state index contributed by atoms with van der Waals surface area (Å²) in [5.41, 5.74) is 0.618. The van der Waals surface area contributed by atoms with Gasteiger partial charge in [0.15, 0.2) is 0 Å². The maximum atomic E-state index is 12.2. The third-order valence-corrected chi connectivity index (χ3v) is 2.77. The Morgan fingerprint density at radius 3 is 2.33 bits per heavy atom. The highest BCUT2D eigenvalue weighted by Crippen LogP contribution is 2.15. The van der Waals surface area contributed by atoms with Crippen LogP contribution in [0.25, 0.3) is 0 Å². The number of benzene rings is 1. The third kappa shape index (κ3) is 6.07. The lowest BCUT2D eigenvalue weighted by atomic mass is 10.2. The Morgan fingerprint density at radius 1 is 1.10 bits per heavy atom. The van der Waals surface area contributed by atoms with Crippen molar-refractivity contribution in [1.82, 2.24) is 0 Å². The number of nitrogens with zero attached hydrogens (tertiary/aromatic N) is 1. The molecule has 0 atom stereocenters. The van der Waals surface area contributed by atoms with E-state index in [0.717, 1.165) is 0 Å². The fourth-order valence-corrected chi connectivity index (χ4v) is 1.79. The number of aliphatic carboxylic acids is 1. The molecule has 0 bridgehead atoms. The number of carbonyl (C=O) groups excluding carboxylic acids is 2. The van der Waals surface area contributed by atoms with Gasteiger partial charge in [0.25, 0.3) is 0 Å². The van der Waals surface area contributed by atoms with Crippen molar-refractivity contribution in [2.75, 3.05) is 18.1 Å². The summed E-state index contributed by atoms with van der Waals surface area (Å²) in [5.74, 6) is -1.71. The lowest BCUT2D eigenvalue weighted by molar-refractivity contribution is -0.144. The lowest BCUT2D eigenvalue weighted by Crippen LogP contribution is -2.33. The van der Waals surface area contributed by atoms with Crippen molar-refractivity contribution >= 4 is 23.5 Å². The molecule has 0 heterocycles. The highest BCUT2D eigenvalue weighted by atomic mass is 16.5. The molecule has 1 amide bonds. The fraction of sp³-hybridized carbons (Fsp3) is 0.400. The minimum atomic E-state index is -0.978. The number of para-hydroxylation sites is 1. The van der Waals surface area contributed by atoms with Crippen LogP contribution in [0.4, 0.5) is 5.69 Å². The molecule has 6 nitrogen and oxygen atoms in total. The molecule has 0 aliphatic carbocycles. The van der Waals surface area contributed by atoms with E-state index < -0.39 is 11.9 Å². The zero-order valence-electron chi connectivity index (χ0n) is 11.9. The van der Waals surface area contributed by atoms with E-state index >= 15 is 0 Å². The predicted octanol–water partition coefficient (Wildman–Crippen LogP) is 1.84. The smallest absolute Gasteiger partial charge is 0.306 e. The Balaban J connectivity index is 2.69. The van der Waals surface area contributed by atoms with Gasteiger partial charge in [-0.05, 0) is 19.1 Å². The number of hydrogen-bond donors (Lipinski definition) is 1. The van der Waals surface area contributed by atoms with E-state index in [1.165, 1.54) is 4.90 Å². The molecule has 0 saturated carbocycles. The van der Waals surface area contributed by atoms with Crippen molar-refractivity contribution in [2.24, 2.45) is 0 Å². The molecular formula is C15H19NO5. The zero-order chi connectivity index (χ0) is 15.7. The molecule has 0 fully saturated rings. The number of esters is 1. The van der Waals surface area contributed by atoms with E-state index in [9.17, 15) is 14.4 Å². The minimum Gasteiger partial charge on any atom is -0.481 e. The van der Waals surface area contributed by atoms with Crippen molar-refractivity contribution < 1.29 is 24.2 Å². The van der Waals surface area contributed by atoms with Crippen LogP contribution in [0.1, 0.15) is 26.2 Å². The van der Waals surface area contributed by atoms with E-state index in [-0.39, 0.29) is 38.3 Å². The largest absolute Gasteiger partial charge is 0.481 e. The second-order valence-electron chi connectivity index (χ2n) is 4.33. The maximum Gasteiger partial charge on any atom is 0.306 e. The molecule has 1 aromatic rings. The first-order valence-corrected chi connectivity index (χ1v) is 6.77. The van der Waals surface area contributed by atoms with Crippen LogP contribution in [0.15, 0.2) is 30.3 Å². The number of carboxylic acid groups (broad SMARTS) is 1. The second kappa shape index (κ2) is 8.73. The average Bonchev–Trinajstić information content (AvgIpc) is 2.46. The van der Waals surface area contributed by atoms with Gasteiger partial charge in [0.1, 0.15) is 0 Å². The third-order valence-electron chi connectivity index (χ3n) is 2.77. The Morgan fingerprint density at radius 2 is 1.76 bits per heavy atom. The van der Waals surface area contributed by atoms with E-state index in [1.807, 2.05) is 6.07 Å². The normalized spacial score (nSPS) is 9.95. The first-order valence-electron chi connectivity index (χ1n) is 6.77. The Labute approximate surface area is 123 Å². The summed E-state index contributed by atoms with van der Waals surface area (Å²) < 4.78 is 4.77. The van der Waals surface area contributed by atoms with Crippen LogP contribution in [0.3, 0.4) is 0 Å². The monoisotopic (exact) mass is 293 g/mol. The van der Waals surface area contributed by atoms with Crippen LogP contribution in [-0.4, -0.2) is 36.1 Å². The molecule has 6 heteroatoms. The summed E-state index contributed by atoms with van der Waals surface area (Å²) in [5, 5.41) is 8.77. The van der Waals surface area contributed by atoms with Crippen molar-refractivity contribution in [2.45, 2.75) is 26.2 Å². The van der Waals surface area contributed by atoms with E-state index in [0.29, 0.717) is 5.69 Å². The fourth-order valence-electron chi connectivity index (χ4n) is 1.79. The topological polar surface area (TPSA) is 83.9 Å². The molecule has 114 valence electrons. The number of carboxylic acids is 1. The molecular weight excluding hydrogens is 274 g/mol. The van der Waals surface area contributed by atoms with Crippen LogP contribution in [-0.2, 0) is 19.1 Å². The first-order chi connectivity index (χ1) is 10.0. The SMILES string of the molecule is CCOC(=O)CCC(=O)N(CCC(=O)O)c1ccccc1. The van der Waals surface area contributed by atoms with Crippen molar-refractivity contribution in [1.29, 1.82) is 0 Å². The molecule has 0 spiro atoms. The van der Waals surface area contributed by atoms with Crippen LogP contribution in [0.5, 0.6) is 0 Å². The zero-order valence-corrected chi connectivity index (χ0v) is 11.9. The van der Waals surface area contributed by atoms with Gasteiger partial charge >= 0.3 is 11.9 Å². The second-order valence-corrected chi connectivity index (χ2v) is 4.33. The number of amides is 1. The molecule has 1 aromatic carbocycles. The van der Waals surface area contributed by atoms with Gasteiger partial charge in [-0.25, -0.2) is 0 Å². The minimum absolute atomic E-state index is 0.00660. The number of anilines is 1. The molecule has 1 N–H and O–H groups in total. The Kier molecular flexibility index (Phi) is 6.94. The molecule has 0 saturated heterocycles. The summed E-state index contributed by atoms with van der Waals surface area (Å²) in [6, 6.07) is 8.79. The van der Waals surface area contributed by atoms with Gasteiger partial charge in [-0.3, -0.25) is 14.4 Å². The number of hydrogen-bond acceptors (Lipinski definition) is 4. The van der Waals surface area contributed by atoms with Crippen LogP contribution in [0, 0.1) is 0 Å². The maximum absolute atomic E-state index is 12.2. The van der Waals surface area contributed by atoms with Gasteiger partial charge in [0, 0.05) is 18.7 Å². The van der Waals surface area contributed by atoms with E-state index in [2.05, 4.69) is 0 Å². The summed E-state index contributed by atoms with van der Waals surface area (Å²) in [4.78, 5) is 35.6. The first kappa shape index (κ1) is 16.7. The predicted molar refractivity (Wildman–Crippen MR) is 76.9 cm³/mol. The Hall–Kier alpha value is -2.37. The molecule has 21 heavy (non-hydrogen) atoms. The molecule has 0 radical (unpaired) electrons. The summed E-state index contributed by atoms with van der Waals surface area (Å²) in [7, 11) is 0. The van der Waals surface area contributed by atoms with E-state index in [4.69, 9.17) is 9.84 Å². The van der Waals surface area contributed by atoms with Gasteiger partial charge in [0.05, 0.1) is 19.4 Å². The Bertz CT molecular complexity index is 486. The van der Waals surface area contributed by atoms with E-state index in [1.54, 1.807) is 31.2 Å². The highest BCUT2D eigenvalue weighted by molar-refractivity contribution is 5.95. The van der Waals surface area contributed by atoms with Crippen LogP contribution >= 0.6 is 0 Å². The van der Waals surface area contributed by atoms with Crippen molar-refractivity contribution in [3.8, 4) is 0 Å². The number of ether oxygens (including phenoxy) is 1. The van der Waals surface area contributed by atoms with Crippen LogP contribution < -0.4 is 4.90 Å². The van der Waals surface area contributed by atoms with Gasteiger partial charge in [-0.15, -0.1) is 0 Å². The van der Waals surface area contributed by atoms with Crippen molar-refractivity contribution in [3.63, 3.8) is 0 Å². The number of rotatable bonds is 8. The van der Waals surface area contributed by atoms with Gasteiger partial charge in [-0.2, -0.15) is 0 Å². The standard InChI is InChI=1S/C15H19NO5/c1-2-21-15(20)9-8-13(17)16(11-10-14(18)19)12-6-4-3-5-7-12/h3-7H,2,8-11H2,1H3,(H,18,19). The highest BCUT2D eigenvalue weighted by Gasteiger charge is 2.18. The number of carbonyl (C=O) groups is 3. The quantitative estimate of drug-likeness (QED) is 0.739. The molecule has 0 aliphatic rings. The van der Waals surface area contributed by atoms with Gasteiger partial charge < -0.3 is 14.7 Å². The summed E-state index contributed by atoms with van der Waals surface area (Å²) >= 11 is 0. The van der Waals surface area contributed by atoms with Gasteiger partial charge in [0.2, 0.25) is 5.91 Å². The summed E-state index contributed by atoms with van der Waals surface area (Å²) in [6.07, 6.45) is -0.170. The van der Waals surface area contributed by atoms with Crippen molar-refractivity contribution in [3.05, 3.63) is 30.3 Å². The molecule has 0 aromatic heterocycles. The van der Waals surface area contributed by atoms with Crippen LogP contribution in [0.2, 0.25) is 0 Å². The summed E-state index contributed by atoms with van der Waals surface area (Å²) in [6.45, 7) is 2.04. The average molecular weight is 293 g/mol. The molecule has 1 rings (SSSR count). The molecule has 0 unspecified atom stereocenters.